The lowest BCUT2D eigenvalue weighted by Gasteiger charge is -2.20. The number of carboxylic acid groups (broad SMARTS) is 2. The third-order valence-electron chi connectivity index (χ3n) is 3.99. The van der Waals surface area contributed by atoms with Crippen LogP contribution in [0.15, 0.2) is 30.3 Å². The predicted molar refractivity (Wildman–Crippen MR) is 91.0 cm³/mol. The first-order valence-electron chi connectivity index (χ1n) is 7.87. The topological polar surface area (TPSA) is 94.8 Å². The van der Waals surface area contributed by atoms with Gasteiger partial charge in [0.1, 0.15) is 0 Å². The zero-order valence-electron chi connectivity index (χ0n) is 13.4. The molecule has 3 unspecified atom stereocenters. The van der Waals surface area contributed by atoms with Gasteiger partial charge in [-0.15, -0.1) is 0 Å². The molecule has 0 spiro atoms. The van der Waals surface area contributed by atoms with E-state index in [0.29, 0.717) is 12.1 Å². The van der Waals surface area contributed by atoms with Crippen LogP contribution < -0.4 is 0 Å². The van der Waals surface area contributed by atoms with Gasteiger partial charge in [-0.05, 0) is 36.9 Å². The first-order valence-corrected chi connectivity index (χ1v) is 9.53. The molecule has 1 aromatic rings. The molecule has 0 fully saturated rings. The second-order valence-corrected chi connectivity index (χ2v) is 7.51. The summed E-state index contributed by atoms with van der Waals surface area (Å²) in [7, 11) is -1.39. The van der Waals surface area contributed by atoms with Gasteiger partial charge in [-0.25, -0.2) is 0 Å². The van der Waals surface area contributed by atoms with Gasteiger partial charge in [0.15, 0.2) is 0 Å². The van der Waals surface area contributed by atoms with E-state index in [1.54, 1.807) is 0 Å². The molecule has 0 amide bonds. The Bertz CT molecular complexity index is 491. The van der Waals surface area contributed by atoms with E-state index >= 15 is 0 Å². The van der Waals surface area contributed by atoms with E-state index in [-0.39, 0.29) is 19.0 Å². The highest BCUT2D eigenvalue weighted by atomic mass is 31.1. The van der Waals surface area contributed by atoms with E-state index in [9.17, 15) is 14.5 Å². The van der Waals surface area contributed by atoms with Crippen molar-refractivity contribution in [2.45, 2.75) is 38.5 Å². The molecule has 0 radical (unpaired) electrons. The molecule has 6 heteroatoms. The highest BCUT2D eigenvalue weighted by Gasteiger charge is 2.23. The molecule has 1 rings (SSSR count). The molecule has 0 aliphatic heterocycles. The van der Waals surface area contributed by atoms with Crippen molar-refractivity contribution in [3.05, 3.63) is 35.9 Å². The average molecular weight is 340 g/mol. The maximum atomic E-state index is 11.2. The monoisotopic (exact) mass is 340 g/mol. The van der Waals surface area contributed by atoms with Crippen molar-refractivity contribution in [2.75, 3.05) is 12.3 Å². The molecule has 0 aliphatic rings. The molecule has 1 aromatic carbocycles. The number of carboxylic acids is 2. The van der Waals surface area contributed by atoms with Crippen LogP contribution in [0.25, 0.3) is 0 Å². The van der Waals surface area contributed by atoms with Crippen LogP contribution in [-0.2, 0) is 9.59 Å². The van der Waals surface area contributed by atoms with Crippen LogP contribution >= 0.6 is 8.15 Å². The molecule has 0 saturated heterocycles. The molecule has 0 aliphatic carbocycles. The van der Waals surface area contributed by atoms with Gasteiger partial charge in [-0.1, -0.05) is 37.3 Å². The molecule has 3 atom stereocenters. The Morgan fingerprint density at radius 3 is 2.30 bits per heavy atom. The summed E-state index contributed by atoms with van der Waals surface area (Å²) in [5.41, 5.74) is 1.24. The van der Waals surface area contributed by atoms with Crippen molar-refractivity contribution < 1.29 is 24.7 Å². The van der Waals surface area contributed by atoms with Crippen LogP contribution in [0.3, 0.4) is 0 Å². The maximum absolute atomic E-state index is 11.2. The van der Waals surface area contributed by atoms with Crippen molar-refractivity contribution in [2.24, 2.45) is 5.92 Å². The SMILES string of the molecule is CCC(CCP(O)CC(CCC(=O)O)C(=O)O)c1ccccc1. The van der Waals surface area contributed by atoms with Crippen LogP contribution in [-0.4, -0.2) is 39.4 Å². The van der Waals surface area contributed by atoms with Gasteiger partial charge in [0.05, 0.1) is 5.92 Å². The van der Waals surface area contributed by atoms with Crippen LogP contribution in [0, 0.1) is 5.92 Å². The van der Waals surface area contributed by atoms with E-state index in [0.717, 1.165) is 12.8 Å². The van der Waals surface area contributed by atoms with Gasteiger partial charge in [-0.2, -0.15) is 0 Å². The van der Waals surface area contributed by atoms with Gasteiger partial charge < -0.3 is 15.1 Å². The number of hydrogen-bond donors (Lipinski definition) is 3. The average Bonchev–Trinajstić information content (AvgIpc) is 2.52. The molecular weight excluding hydrogens is 315 g/mol. The maximum Gasteiger partial charge on any atom is 0.306 e. The number of aliphatic carboxylic acids is 2. The Kier molecular flexibility index (Phi) is 8.82. The zero-order valence-corrected chi connectivity index (χ0v) is 14.3. The van der Waals surface area contributed by atoms with Crippen LogP contribution in [0.2, 0.25) is 0 Å². The summed E-state index contributed by atoms with van der Waals surface area (Å²) in [6, 6.07) is 10.1. The largest absolute Gasteiger partial charge is 0.481 e. The standard InChI is InChI=1S/C17H25O5P/c1-2-13(14-6-4-3-5-7-14)10-11-23(22)12-15(17(20)21)8-9-16(18)19/h3-7,13,15,22H,2,8-12H2,1H3,(H,18,19)(H,20,21). The number of rotatable bonds is 11. The smallest absolute Gasteiger partial charge is 0.306 e. The Balaban J connectivity index is 2.48. The second kappa shape index (κ2) is 10.3. The molecule has 0 aromatic heterocycles. The lowest BCUT2D eigenvalue weighted by molar-refractivity contribution is -0.142. The fraction of sp³-hybridized carbons (Fsp3) is 0.529. The molecule has 23 heavy (non-hydrogen) atoms. The third-order valence-corrected chi connectivity index (χ3v) is 5.62. The van der Waals surface area contributed by atoms with Crippen molar-refractivity contribution in [1.29, 1.82) is 0 Å². The highest BCUT2D eigenvalue weighted by molar-refractivity contribution is 7.51. The van der Waals surface area contributed by atoms with Crippen LogP contribution in [0.5, 0.6) is 0 Å². The van der Waals surface area contributed by atoms with E-state index in [4.69, 9.17) is 10.2 Å². The lowest BCUT2D eigenvalue weighted by atomic mass is 9.94. The first-order chi connectivity index (χ1) is 10.9. The summed E-state index contributed by atoms with van der Waals surface area (Å²) in [6.07, 6.45) is 2.42. The van der Waals surface area contributed by atoms with E-state index < -0.39 is 26.0 Å². The van der Waals surface area contributed by atoms with Gasteiger partial charge in [0.2, 0.25) is 0 Å². The zero-order chi connectivity index (χ0) is 17.2. The first kappa shape index (κ1) is 19.6. The van der Waals surface area contributed by atoms with Crippen LogP contribution in [0.4, 0.5) is 0 Å². The Hall–Kier alpha value is -1.45. The molecule has 0 saturated carbocycles. The minimum absolute atomic E-state index is 0.0694. The van der Waals surface area contributed by atoms with Gasteiger partial charge in [0.25, 0.3) is 0 Å². The Morgan fingerprint density at radius 1 is 1.13 bits per heavy atom. The summed E-state index contributed by atoms with van der Waals surface area (Å²) in [5, 5.41) is 17.8. The number of hydrogen-bond acceptors (Lipinski definition) is 3. The van der Waals surface area contributed by atoms with E-state index in [1.807, 2.05) is 18.2 Å². The highest BCUT2D eigenvalue weighted by Crippen LogP contribution is 2.38. The molecule has 0 heterocycles. The molecule has 3 N–H and O–H groups in total. The van der Waals surface area contributed by atoms with Crippen molar-refractivity contribution >= 4 is 20.1 Å². The van der Waals surface area contributed by atoms with Gasteiger partial charge in [-0.3, -0.25) is 9.59 Å². The van der Waals surface area contributed by atoms with Crippen molar-refractivity contribution in [3.8, 4) is 0 Å². The molecule has 0 bridgehead atoms. The predicted octanol–water partition coefficient (Wildman–Crippen LogP) is 3.53. The fourth-order valence-corrected chi connectivity index (χ4v) is 4.21. The lowest BCUT2D eigenvalue weighted by Crippen LogP contribution is -2.19. The van der Waals surface area contributed by atoms with Crippen LogP contribution in [0.1, 0.15) is 44.1 Å². The summed E-state index contributed by atoms with van der Waals surface area (Å²) >= 11 is 0. The number of carbonyl (C=O) groups is 2. The summed E-state index contributed by atoms with van der Waals surface area (Å²) in [6.45, 7) is 2.10. The Morgan fingerprint density at radius 2 is 1.78 bits per heavy atom. The van der Waals surface area contributed by atoms with Crippen molar-refractivity contribution in [3.63, 3.8) is 0 Å². The van der Waals surface area contributed by atoms with E-state index in [1.165, 1.54) is 5.56 Å². The summed E-state index contributed by atoms with van der Waals surface area (Å²) in [4.78, 5) is 31.9. The summed E-state index contributed by atoms with van der Waals surface area (Å²) in [5.74, 6) is -2.45. The normalized spacial score (nSPS) is 14.9. The van der Waals surface area contributed by atoms with Crippen molar-refractivity contribution in [1.82, 2.24) is 0 Å². The minimum atomic E-state index is -1.39. The molecule has 128 valence electrons. The number of benzene rings is 1. The van der Waals surface area contributed by atoms with Gasteiger partial charge in [0, 0.05) is 20.7 Å². The fourth-order valence-electron chi connectivity index (χ4n) is 2.57. The van der Waals surface area contributed by atoms with Gasteiger partial charge >= 0.3 is 11.9 Å². The van der Waals surface area contributed by atoms with E-state index in [2.05, 4.69) is 19.1 Å². The third kappa shape index (κ3) is 7.58. The quantitative estimate of drug-likeness (QED) is 0.536. The molecular formula is C17H25O5P. The minimum Gasteiger partial charge on any atom is -0.481 e. The molecule has 5 nitrogen and oxygen atoms in total. The summed E-state index contributed by atoms with van der Waals surface area (Å²) < 4.78 is 0. The Labute approximate surface area is 138 Å². The second-order valence-electron chi connectivity index (χ2n) is 5.68.